The summed E-state index contributed by atoms with van der Waals surface area (Å²) in [4.78, 5) is 22.7. The molecule has 2 amide bonds. The van der Waals surface area contributed by atoms with Gasteiger partial charge in [0.25, 0.3) is 10.0 Å². The van der Waals surface area contributed by atoms with Crippen molar-refractivity contribution in [2.24, 2.45) is 0 Å². The zero-order chi connectivity index (χ0) is 16.9. The Bertz CT molecular complexity index is 664. The number of hydrogen-bond acceptors (Lipinski definition) is 5. The number of anilines is 1. The van der Waals surface area contributed by atoms with E-state index in [1.165, 1.54) is 31.2 Å². The first-order valence-corrected chi connectivity index (χ1v) is 8.90. The van der Waals surface area contributed by atoms with Crippen LogP contribution in [0.25, 0.3) is 0 Å². The van der Waals surface area contributed by atoms with E-state index in [9.17, 15) is 18.0 Å². The van der Waals surface area contributed by atoms with Gasteiger partial charge >= 0.3 is 0 Å². The van der Waals surface area contributed by atoms with Crippen LogP contribution in [0.3, 0.4) is 0 Å². The molecule has 1 aliphatic rings. The second-order valence-corrected chi connectivity index (χ2v) is 7.09. The summed E-state index contributed by atoms with van der Waals surface area (Å²) in [6.07, 6.45) is 2.55. The molecule has 1 saturated heterocycles. The molecule has 1 fully saturated rings. The Balaban J connectivity index is 1.91. The van der Waals surface area contributed by atoms with Gasteiger partial charge in [0, 0.05) is 25.6 Å². The van der Waals surface area contributed by atoms with Crippen molar-refractivity contribution < 1.29 is 22.7 Å². The fourth-order valence-corrected chi connectivity index (χ4v) is 3.36. The number of carbonyl (C=O) groups excluding carboxylic acids is 2. The van der Waals surface area contributed by atoms with Crippen LogP contribution in [0.15, 0.2) is 29.2 Å². The van der Waals surface area contributed by atoms with Crippen LogP contribution in [0, 0.1) is 0 Å². The molecule has 0 aromatic heterocycles. The number of rotatable bonds is 6. The van der Waals surface area contributed by atoms with Gasteiger partial charge < -0.3 is 10.1 Å². The molecule has 1 unspecified atom stereocenters. The minimum atomic E-state index is -3.90. The van der Waals surface area contributed by atoms with Crippen LogP contribution in [0.5, 0.6) is 0 Å². The molecule has 1 aromatic carbocycles. The lowest BCUT2D eigenvalue weighted by atomic mass is 10.1. The van der Waals surface area contributed by atoms with Gasteiger partial charge in [-0.1, -0.05) is 0 Å². The zero-order valence-corrected chi connectivity index (χ0v) is 13.7. The van der Waals surface area contributed by atoms with Crippen molar-refractivity contribution in [1.82, 2.24) is 4.72 Å². The van der Waals surface area contributed by atoms with E-state index in [-0.39, 0.29) is 23.3 Å². The van der Waals surface area contributed by atoms with Crippen LogP contribution in [0.2, 0.25) is 0 Å². The van der Waals surface area contributed by atoms with Crippen LogP contribution in [-0.2, 0) is 24.3 Å². The molecule has 2 rings (SSSR count). The second kappa shape index (κ2) is 7.56. The maximum atomic E-state index is 12.1. The van der Waals surface area contributed by atoms with E-state index >= 15 is 0 Å². The van der Waals surface area contributed by atoms with Crippen LogP contribution >= 0.6 is 0 Å². The van der Waals surface area contributed by atoms with Crippen molar-refractivity contribution >= 4 is 27.5 Å². The van der Waals surface area contributed by atoms with Crippen molar-refractivity contribution in [3.63, 3.8) is 0 Å². The van der Waals surface area contributed by atoms with Crippen molar-refractivity contribution in [1.29, 1.82) is 0 Å². The molecule has 1 atom stereocenters. The molecule has 23 heavy (non-hydrogen) atoms. The molecule has 8 heteroatoms. The summed E-state index contributed by atoms with van der Waals surface area (Å²) in [6.45, 7) is 2.06. The van der Waals surface area contributed by atoms with E-state index in [0.717, 1.165) is 12.8 Å². The summed E-state index contributed by atoms with van der Waals surface area (Å²) >= 11 is 0. The summed E-state index contributed by atoms with van der Waals surface area (Å²) < 4.78 is 31.7. The molecule has 0 bridgehead atoms. The molecule has 0 radical (unpaired) electrons. The number of benzene rings is 1. The predicted molar refractivity (Wildman–Crippen MR) is 84.3 cm³/mol. The van der Waals surface area contributed by atoms with Gasteiger partial charge in [-0.05, 0) is 43.5 Å². The van der Waals surface area contributed by atoms with Gasteiger partial charge in [-0.3, -0.25) is 9.59 Å². The lowest BCUT2D eigenvalue weighted by Crippen LogP contribution is -2.31. The smallest absolute Gasteiger partial charge is 0.264 e. The lowest BCUT2D eigenvalue weighted by molar-refractivity contribution is -0.120. The van der Waals surface area contributed by atoms with E-state index in [1.807, 2.05) is 4.72 Å². The Labute approximate surface area is 135 Å². The van der Waals surface area contributed by atoms with E-state index in [2.05, 4.69) is 5.32 Å². The average molecular weight is 340 g/mol. The molecule has 1 aliphatic heterocycles. The summed E-state index contributed by atoms with van der Waals surface area (Å²) in [5.74, 6) is -0.797. The van der Waals surface area contributed by atoms with E-state index in [1.54, 1.807) is 0 Å². The van der Waals surface area contributed by atoms with Gasteiger partial charge in [0.1, 0.15) is 0 Å². The largest absolute Gasteiger partial charge is 0.378 e. The predicted octanol–water partition coefficient (Wildman–Crippen LogP) is 1.41. The van der Waals surface area contributed by atoms with Crippen molar-refractivity contribution in [3.8, 4) is 0 Å². The van der Waals surface area contributed by atoms with E-state index < -0.39 is 15.9 Å². The maximum absolute atomic E-state index is 12.1. The van der Waals surface area contributed by atoms with Crippen LogP contribution in [0.1, 0.15) is 32.6 Å². The topological polar surface area (TPSA) is 102 Å². The first-order chi connectivity index (χ1) is 10.9. The number of amides is 2. The third-order valence-electron chi connectivity index (χ3n) is 3.45. The van der Waals surface area contributed by atoms with Crippen LogP contribution in [0.4, 0.5) is 5.69 Å². The molecule has 0 aliphatic carbocycles. The van der Waals surface area contributed by atoms with Gasteiger partial charge in [-0.25, -0.2) is 13.1 Å². The molecule has 1 aromatic rings. The van der Waals surface area contributed by atoms with Gasteiger partial charge in [0.2, 0.25) is 11.8 Å². The number of carbonyl (C=O) groups is 2. The van der Waals surface area contributed by atoms with Crippen LogP contribution < -0.4 is 10.0 Å². The first kappa shape index (κ1) is 17.4. The zero-order valence-electron chi connectivity index (χ0n) is 12.9. The van der Waals surface area contributed by atoms with Crippen molar-refractivity contribution in [3.05, 3.63) is 24.3 Å². The van der Waals surface area contributed by atoms with E-state index in [4.69, 9.17) is 4.74 Å². The number of hydrogen-bond donors (Lipinski definition) is 2. The summed E-state index contributed by atoms with van der Waals surface area (Å²) in [6, 6.07) is 5.60. The molecule has 1 heterocycles. The third kappa shape index (κ3) is 5.33. The van der Waals surface area contributed by atoms with Crippen molar-refractivity contribution in [2.45, 2.75) is 43.6 Å². The average Bonchev–Trinajstić information content (AvgIpc) is 2.98. The molecule has 126 valence electrons. The standard InChI is InChI=1S/C15H20N2O5S/c1-11(18)16-12-4-7-14(8-5-12)23(20,21)17-15(19)9-6-13-3-2-10-22-13/h4-5,7-8,13H,2-3,6,9-10H2,1H3,(H,16,18)(H,17,19). The molecule has 7 nitrogen and oxygen atoms in total. The molecule has 0 saturated carbocycles. The molecular formula is C15H20N2O5S. The van der Waals surface area contributed by atoms with E-state index in [0.29, 0.717) is 18.7 Å². The Kier molecular flexibility index (Phi) is 5.73. The summed E-state index contributed by atoms with van der Waals surface area (Å²) in [5.41, 5.74) is 0.487. The molecular weight excluding hydrogens is 320 g/mol. The number of sulfonamides is 1. The quantitative estimate of drug-likeness (QED) is 0.815. The highest BCUT2D eigenvalue weighted by molar-refractivity contribution is 7.90. The molecule has 0 spiro atoms. The third-order valence-corrected chi connectivity index (χ3v) is 4.84. The molecule has 2 N–H and O–H groups in total. The highest BCUT2D eigenvalue weighted by Gasteiger charge is 2.20. The van der Waals surface area contributed by atoms with Gasteiger partial charge in [0.15, 0.2) is 0 Å². The SMILES string of the molecule is CC(=O)Nc1ccc(S(=O)(=O)NC(=O)CCC2CCCO2)cc1. The normalized spacial score (nSPS) is 17.7. The Hall–Kier alpha value is -1.93. The van der Waals surface area contributed by atoms with Crippen molar-refractivity contribution in [2.75, 3.05) is 11.9 Å². The first-order valence-electron chi connectivity index (χ1n) is 7.42. The Morgan fingerprint density at radius 2 is 1.96 bits per heavy atom. The van der Waals surface area contributed by atoms with Gasteiger partial charge in [0.05, 0.1) is 11.0 Å². The minimum Gasteiger partial charge on any atom is -0.378 e. The Morgan fingerprint density at radius 3 is 2.52 bits per heavy atom. The summed E-state index contributed by atoms with van der Waals surface area (Å²) in [7, 11) is -3.90. The lowest BCUT2D eigenvalue weighted by Gasteiger charge is -2.10. The number of nitrogens with one attached hydrogen (secondary N) is 2. The fourth-order valence-electron chi connectivity index (χ4n) is 2.34. The monoisotopic (exact) mass is 340 g/mol. The van der Waals surface area contributed by atoms with Gasteiger partial charge in [-0.2, -0.15) is 0 Å². The van der Waals surface area contributed by atoms with Crippen LogP contribution in [-0.4, -0.2) is 32.9 Å². The minimum absolute atomic E-state index is 0.0305. The maximum Gasteiger partial charge on any atom is 0.264 e. The fraction of sp³-hybridized carbons (Fsp3) is 0.467. The highest BCUT2D eigenvalue weighted by Crippen LogP contribution is 2.17. The Morgan fingerprint density at radius 1 is 1.26 bits per heavy atom. The van der Waals surface area contributed by atoms with Gasteiger partial charge in [-0.15, -0.1) is 0 Å². The summed E-state index contributed by atoms with van der Waals surface area (Å²) in [5, 5.41) is 2.54. The number of ether oxygens (including phenoxy) is 1. The second-order valence-electron chi connectivity index (χ2n) is 5.41. The highest BCUT2D eigenvalue weighted by atomic mass is 32.2.